The van der Waals surface area contributed by atoms with Crippen molar-refractivity contribution in [1.29, 1.82) is 0 Å². The number of carbonyl (C=O) groups excluding carboxylic acids is 1. The van der Waals surface area contributed by atoms with Gasteiger partial charge in [-0.25, -0.2) is 4.98 Å². The molecule has 0 aliphatic heterocycles. The summed E-state index contributed by atoms with van der Waals surface area (Å²) in [6.07, 6.45) is 1.30. The van der Waals surface area contributed by atoms with Crippen LogP contribution in [0.25, 0.3) is 33.5 Å². The number of aromatic hydroxyl groups is 1. The molecule has 5 nitrogen and oxygen atoms in total. The summed E-state index contributed by atoms with van der Waals surface area (Å²) in [6.45, 7) is 1.41. The Morgan fingerprint density at radius 3 is 2.31 bits per heavy atom. The minimum Gasteiger partial charge on any atom is -0.507 e. The van der Waals surface area contributed by atoms with Crippen molar-refractivity contribution in [2.75, 3.05) is 5.32 Å². The Balaban J connectivity index is 1.97. The molecule has 4 rings (SSSR count). The minimum absolute atomic E-state index is 0.193. The van der Waals surface area contributed by atoms with Crippen LogP contribution in [-0.4, -0.2) is 16.0 Å². The van der Waals surface area contributed by atoms with Crippen molar-refractivity contribution in [3.05, 3.63) is 73.1 Å². The highest BCUT2D eigenvalue weighted by atomic mass is 32.1. The Hall–Kier alpha value is -3.51. The van der Waals surface area contributed by atoms with Crippen LogP contribution < -0.4 is 5.32 Å². The van der Waals surface area contributed by atoms with E-state index in [1.165, 1.54) is 13.3 Å². The number of nitrogens with zero attached hydrogens (tertiary/aromatic N) is 1. The maximum absolute atomic E-state index is 11.6. The Bertz CT molecular complexity index is 1200. The molecule has 0 saturated heterocycles. The zero-order valence-electron chi connectivity index (χ0n) is 15.6. The van der Waals surface area contributed by atoms with Gasteiger partial charge in [-0.05, 0) is 23.3 Å². The second kappa shape index (κ2) is 7.85. The SMILES string of the molecule is CC(=O)Nc1ocnc1-c1cccc(S)c1-c1ccccc1-c1ccccc1O. The normalized spacial score (nSPS) is 10.7. The van der Waals surface area contributed by atoms with Gasteiger partial charge in [-0.15, -0.1) is 12.6 Å². The van der Waals surface area contributed by atoms with E-state index in [-0.39, 0.29) is 17.5 Å². The Morgan fingerprint density at radius 2 is 1.59 bits per heavy atom. The summed E-state index contributed by atoms with van der Waals surface area (Å²) in [5.41, 5.74) is 4.56. The van der Waals surface area contributed by atoms with Gasteiger partial charge in [0.1, 0.15) is 11.4 Å². The molecule has 1 heterocycles. The van der Waals surface area contributed by atoms with E-state index in [4.69, 9.17) is 17.0 Å². The smallest absolute Gasteiger partial charge is 0.228 e. The summed E-state index contributed by atoms with van der Waals surface area (Å²) in [4.78, 5) is 16.6. The first-order chi connectivity index (χ1) is 14.1. The summed E-state index contributed by atoms with van der Waals surface area (Å²) >= 11 is 4.69. The molecule has 0 unspecified atom stereocenters. The first kappa shape index (κ1) is 18.8. The third-order valence-corrected chi connectivity index (χ3v) is 4.92. The Morgan fingerprint density at radius 1 is 0.931 bits per heavy atom. The molecule has 0 aliphatic rings. The molecule has 4 aromatic rings. The summed E-state index contributed by atoms with van der Waals surface area (Å²) in [6, 6.07) is 20.6. The van der Waals surface area contributed by atoms with E-state index in [2.05, 4.69) is 10.3 Å². The molecule has 1 amide bonds. The van der Waals surface area contributed by atoms with Crippen molar-refractivity contribution in [2.45, 2.75) is 11.8 Å². The molecule has 0 aliphatic carbocycles. The summed E-state index contributed by atoms with van der Waals surface area (Å²) in [5, 5.41) is 13.1. The molecule has 144 valence electrons. The quantitative estimate of drug-likeness (QED) is 0.387. The molecule has 0 bridgehead atoms. The van der Waals surface area contributed by atoms with Gasteiger partial charge < -0.3 is 9.52 Å². The van der Waals surface area contributed by atoms with Gasteiger partial charge in [-0.3, -0.25) is 10.1 Å². The molecule has 0 atom stereocenters. The number of oxazole rings is 1. The van der Waals surface area contributed by atoms with Gasteiger partial charge in [0.15, 0.2) is 6.39 Å². The standard InChI is InChI=1S/C23H18N2O3S/c1-14(26)25-23-22(24-13-28-23)18-10-6-12-20(29)21(18)17-9-3-2-7-15(17)16-8-4-5-11-19(16)27/h2-13,27,29H,1H3,(H,25,26). The van der Waals surface area contributed by atoms with Crippen molar-refractivity contribution >= 4 is 24.4 Å². The van der Waals surface area contributed by atoms with E-state index < -0.39 is 0 Å². The Kier molecular flexibility index (Phi) is 5.10. The highest BCUT2D eigenvalue weighted by Gasteiger charge is 2.20. The van der Waals surface area contributed by atoms with Gasteiger partial charge >= 0.3 is 0 Å². The van der Waals surface area contributed by atoms with Crippen LogP contribution in [0.3, 0.4) is 0 Å². The number of hydrogen-bond donors (Lipinski definition) is 3. The minimum atomic E-state index is -0.249. The number of rotatable bonds is 4. The fourth-order valence-electron chi connectivity index (χ4n) is 3.34. The van der Waals surface area contributed by atoms with Gasteiger partial charge in [-0.1, -0.05) is 54.6 Å². The fourth-order valence-corrected chi connectivity index (χ4v) is 3.67. The Labute approximate surface area is 173 Å². The number of benzene rings is 3. The van der Waals surface area contributed by atoms with E-state index >= 15 is 0 Å². The molecule has 2 N–H and O–H groups in total. The van der Waals surface area contributed by atoms with E-state index in [0.717, 1.165) is 27.1 Å². The van der Waals surface area contributed by atoms with Crippen LogP contribution in [0.5, 0.6) is 5.75 Å². The lowest BCUT2D eigenvalue weighted by Gasteiger charge is -2.16. The number of aromatic nitrogens is 1. The van der Waals surface area contributed by atoms with Crippen LogP contribution >= 0.6 is 12.6 Å². The van der Waals surface area contributed by atoms with Crippen molar-refractivity contribution in [1.82, 2.24) is 4.98 Å². The summed E-state index contributed by atoms with van der Waals surface area (Å²) < 4.78 is 5.39. The molecule has 0 fully saturated rings. The maximum atomic E-state index is 11.6. The zero-order chi connectivity index (χ0) is 20.4. The lowest BCUT2D eigenvalue weighted by molar-refractivity contribution is -0.114. The van der Waals surface area contributed by atoms with Crippen molar-refractivity contribution in [3.63, 3.8) is 0 Å². The van der Waals surface area contributed by atoms with Crippen LogP contribution in [0.2, 0.25) is 0 Å². The third kappa shape index (κ3) is 3.62. The molecular weight excluding hydrogens is 384 g/mol. The maximum Gasteiger partial charge on any atom is 0.228 e. The van der Waals surface area contributed by atoms with Gasteiger partial charge in [0, 0.05) is 28.5 Å². The van der Waals surface area contributed by atoms with Crippen LogP contribution in [0.15, 0.2) is 82.4 Å². The number of nitrogens with one attached hydrogen (secondary N) is 1. The predicted molar refractivity (Wildman–Crippen MR) is 116 cm³/mol. The van der Waals surface area contributed by atoms with Crippen molar-refractivity contribution < 1.29 is 14.3 Å². The molecule has 3 aromatic carbocycles. The largest absolute Gasteiger partial charge is 0.507 e. The summed E-state index contributed by atoms with van der Waals surface area (Å²) in [7, 11) is 0. The second-order valence-corrected chi connectivity index (χ2v) is 6.96. The van der Waals surface area contributed by atoms with Gasteiger partial charge in [0.05, 0.1) is 0 Å². The number of anilines is 1. The fraction of sp³-hybridized carbons (Fsp3) is 0.0435. The molecule has 0 saturated carbocycles. The second-order valence-electron chi connectivity index (χ2n) is 6.47. The first-order valence-corrected chi connectivity index (χ1v) is 9.42. The van der Waals surface area contributed by atoms with Crippen LogP contribution in [0.4, 0.5) is 5.88 Å². The average Bonchev–Trinajstić information content (AvgIpc) is 3.15. The number of phenols is 1. The number of carbonyl (C=O) groups is 1. The van der Waals surface area contributed by atoms with Crippen LogP contribution in [0.1, 0.15) is 6.92 Å². The molecule has 6 heteroatoms. The number of amides is 1. The van der Waals surface area contributed by atoms with E-state index in [1.807, 2.05) is 54.6 Å². The van der Waals surface area contributed by atoms with Gasteiger partial charge in [0.25, 0.3) is 0 Å². The molecular formula is C23H18N2O3S. The molecule has 0 radical (unpaired) electrons. The number of phenolic OH excluding ortho intramolecular Hbond substituents is 1. The van der Waals surface area contributed by atoms with E-state index in [0.29, 0.717) is 11.3 Å². The number of thiol groups is 1. The number of para-hydroxylation sites is 1. The lowest BCUT2D eigenvalue weighted by atomic mass is 9.90. The first-order valence-electron chi connectivity index (χ1n) is 8.97. The predicted octanol–water partition coefficient (Wildman–Crippen LogP) is 5.63. The monoisotopic (exact) mass is 402 g/mol. The third-order valence-electron chi connectivity index (χ3n) is 4.55. The topological polar surface area (TPSA) is 75.4 Å². The van der Waals surface area contributed by atoms with Gasteiger partial charge in [0.2, 0.25) is 11.8 Å². The average molecular weight is 402 g/mol. The van der Waals surface area contributed by atoms with Gasteiger partial charge in [-0.2, -0.15) is 0 Å². The molecule has 29 heavy (non-hydrogen) atoms. The van der Waals surface area contributed by atoms with Crippen LogP contribution in [-0.2, 0) is 4.79 Å². The van der Waals surface area contributed by atoms with E-state index in [1.54, 1.807) is 12.1 Å². The highest BCUT2D eigenvalue weighted by molar-refractivity contribution is 7.80. The van der Waals surface area contributed by atoms with Crippen molar-refractivity contribution in [2.24, 2.45) is 0 Å². The van der Waals surface area contributed by atoms with E-state index in [9.17, 15) is 9.90 Å². The highest BCUT2D eigenvalue weighted by Crippen LogP contribution is 2.44. The van der Waals surface area contributed by atoms with Crippen molar-refractivity contribution in [3.8, 4) is 39.3 Å². The zero-order valence-corrected chi connectivity index (χ0v) is 16.5. The van der Waals surface area contributed by atoms with Crippen LogP contribution in [0, 0.1) is 0 Å². The molecule has 0 spiro atoms. The number of hydrogen-bond acceptors (Lipinski definition) is 5. The summed E-state index contributed by atoms with van der Waals surface area (Å²) in [5.74, 6) is 0.220. The molecule has 1 aromatic heterocycles. The lowest BCUT2D eigenvalue weighted by Crippen LogP contribution is -2.06.